The van der Waals surface area contributed by atoms with E-state index in [2.05, 4.69) is 332 Å². The van der Waals surface area contributed by atoms with E-state index in [0.29, 0.717) is 0 Å². The number of aryl methyl sites for hydroxylation is 5. The average Bonchev–Trinajstić information content (AvgIpc) is 1.34. The number of rotatable bonds is 4. The third kappa shape index (κ3) is 40.4. The van der Waals surface area contributed by atoms with Crippen molar-refractivity contribution in [3.8, 4) is 44.5 Å². The molecule has 13 rings (SSSR count). The van der Waals surface area contributed by atoms with Gasteiger partial charge >= 0.3 is 0 Å². The van der Waals surface area contributed by atoms with Crippen LogP contribution in [0.3, 0.4) is 0 Å². The number of hydrogen-bond acceptors (Lipinski definition) is 0. The van der Waals surface area contributed by atoms with Crippen molar-refractivity contribution in [2.75, 3.05) is 0 Å². The van der Waals surface area contributed by atoms with Crippen LogP contribution < -0.4 is 0 Å². The van der Waals surface area contributed by atoms with Gasteiger partial charge in [-0.25, -0.2) is 0 Å². The van der Waals surface area contributed by atoms with Gasteiger partial charge in [-0.15, -0.1) is 0 Å². The summed E-state index contributed by atoms with van der Waals surface area (Å²) in [7, 11) is 0. The van der Waals surface area contributed by atoms with Crippen molar-refractivity contribution in [2.24, 2.45) is 0 Å². The standard InChI is InChI=1S/3C13H12.C12H10.C11H10.C10H8.C7H8.9C2H6/c1-11-7-5-6-10-13(11)12-8-3-2-4-9-12;1-11-6-5-9-13(10-11)12-7-3-2-4-8-12;1-11-7-9-13(10-8-11)12-5-3-2-4-6-12;1-3-7-11(8-4-1)12-9-5-2-6-10-12;1-9-6-7-10-4-2-3-5-11(10)8-9;1-2-6-10-8-4-3-7-9(10)5-1;1-7-5-3-2-4-6-7;9*1-2/h3*2-10H,1H3;1-10H;2-8H,1H3;1-8H;2-6H,1H3;9*1-2H3. The minimum absolute atomic E-state index is 1.28. The molecule has 0 atom stereocenters. The molecule has 0 radical (unpaired) electrons. The molecule has 97 heavy (non-hydrogen) atoms. The van der Waals surface area contributed by atoms with Crippen LogP contribution in [0.25, 0.3) is 66.1 Å². The van der Waals surface area contributed by atoms with Gasteiger partial charge in [0, 0.05) is 0 Å². The predicted octanol–water partition coefficient (Wildman–Crippen LogP) is 31.6. The summed E-state index contributed by atoms with van der Waals surface area (Å²) in [6.45, 7) is 46.6. The summed E-state index contributed by atoms with van der Waals surface area (Å²) in [5, 5.41) is 5.26. The molecule has 0 saturated carbocycles. The maximum absolute atomic E-state index is 2.20. The summed E-state index contributed by atoms with van der Waals surface area (Å²) in [5.41, 5.74) is 16.9. The second-order valence-corrected chi connectivity index (χ2v) is 19.2. The first-order valence-corrected chi connectivity index (χ1v) is 36.2. The molecular formula is C97H126. The minimum atomic E-state index is 1.28. The zero-order chi connectivity index (χ0) is 73.1. The predicted molar refractivity (Wildman–Crippen MR) is 448 cm³/mol. The molecule has 0 aliphatic carbocycles. The molecule has 514 valence electrons. The molecule has 0 amide bonds. The van der Waals surface area contributed by atoms with Gasteiger partial charge in [0.2, 0.25) is 0 Å². The third-order valence-corrected chi connectivity index (χ3v) is 12.9. The SMILES string of the molecule is CC.CC.CC.CC.CC.CC.CC.CC.CC.Cc1ccc(-c2ccccc2)cc1.Cc1ccc2ccccc2c1.Cc1cccc(-c2ccccc2)c1.Cc1ccccc1.Cc1ccccc1-c1ccccc1.c1ccc(-c2ccccc2)cc1.c1ccc2ccccc2c1. The molecule has 0 nitrogen and oxygen atoms in total. The van der Waals surface area contributed by atoms with Crippen molar-refractivity contribution in [3.63, 3.8) is 0 Å². The maximum atomic E-state index is 2.20. The highest BCUT2D eigenvalue weighted by Crippen LogP contribution is 2.23. The van der Waals surface area contributed by atoms with E-state index in [-0.39, 0.29) is 0 Å². The van der Waals surface area contributed by atoms with E-state index in [1.54, 1.807) is 0 Å². The Balaban J connectivity index is -0.00000103. The van der Waals surface area contributed by atoms with Gasteiger partial charge < -0.3 is 0 Å². The summed E-state index contributed by atoms with van der Waals surface area (Å²) < 4.78 is 0. The summed E-state index contributed by atoms with van der Waals surface area (Å²) in [6, 6.07) is 120. The Morgan fingerprint density at radius 3 is 0.691 bits per heavy atom. The van der Waals surface area contributed by atoms with Crippen LogP contribution in [0.2, 0.25) is 0 Å². The van der Waals surface area contributed by atoms with Crippen molar-refractivity contribution in [1.82, 2.24) is 0 Å². The molecule has 13 aromatic rings. The molecular weight excluding hydrogens is 1170 g/mol. The minimum Gasteiger partial charge on any atom is -0.0683 e. The first-order valence-electron chi connectivity index (χ1n) is 36.2. The van der Waals surface area contributed by atoms with Gasteiger partial charge in [-0.3, -0.25) is 0 Å². The molecule has 0 aromatic heterocycles. The molecule has 13 aromatic carbocycles. The molecule has 0 aliphatic heterocycles. The smallest absolute Gasteiger partial charge is 0.0155 e. The zero-order valence-corrected chi connectivity index (χ0v) is 64.4. The topological polar surface area (TPSA) is 0 Å². The van der Waals surface area contributed by atoms with E-state index in [0.717, 1.165) is 0 Å². The molecule has 0 bridgehead atoms. The summed E-state index contributed by atoms with van der Waals surface area (Å²) >= 11 is 0. The van der Waals surface area contributed by atoms with Gasteiger partial charge in [0.25, 0.3) is 0 Å². The molecule has 0 spiro atoms. The van der Waals surface area contributed by atoms with Crippen molar-refractivity contribution in [3.05, 3.63) is 374 Å². The van der Waals surface area contributed by atoms with Gasteiger partial charge in [0.05, 0.1) is 0 Å². The highest BCUT2D eigenvalue weighted by molar-refractivity contribution is 5.83. The van der Waals surface area contributed by atoms with Crippen molar-refractivity contribution < 1.29 is 0 Å². The van der Waals surface area contributed by atoms with Crippen molar-refractivity contribution in [1.29, 1.82) is 0 Å². The van der Waals surface area contributed by atoms with Gasteiger partial charge in [-0.2, -0.15) is 0 Å². The lowest BCUT2D eigenvalue weighted by atomic mass is 10.0. The second-order valence-electron chi connectivity index (χ2n) is 19.2. The highest BCUT2D eigenvalue weighted by Gasteiger charge is 1.99. The fraction of sp³-hybridized carbons (Fsp3) is 0.237. The summed E-state index contributed by atoms with van der Waals surface area (Å²) in [6.07, 6.45) is 0. The van der Waals surface area contributed by atoms with E-state index in [9.17, 15) is 0 Å². The van der Waals surface area contributed by atoms with Crippen molar-refractivity contribution >= 4 is 21.5 Å². The summed E-state index contributed by atoms with van der Waals surface area (Å²) in [5.74, 6) is 0. The van der Waals surface area contributed by atoms with Crippen LogP contribution in [0, 0.1) is 34.6 Å². The van der Waals surface area contributed by atoms with Gasteiger partial charge in [0.15, 0.2) is 0 Å². The Kier molecular flexibility index (Phi) is 61.4. The van der Waals surface area contributed by atoms with Crippen LogP contribution in [0.4, 0.5) is 0 Å². The Morgan fingerprint density at radius 1 is 0.134 bits per heavy atom. The van der Waals surface area contributed by atoms with Crippen LogP contribution in [0.15, 0.2) is 346 Å². The average molecular weight is 1290 g/mol. The fourth-order valence-electron chi connectivity index (χ4n) is 8.58. The lowest BCUT2D eigenvalue weighted by Crippen LogP contribution is -1.80. The van der Waals surface area contributed by atoms with E-state index in [4.69, 9.17) is 0 Å². The normalized spacial score (nSPS) is 8.57. The van der Waals surface area contributed by atoms with Gasteiger partial charge in [-0.05, 0) is 106 Å². The lowest BCUT2D eigenvalue weighted by molar-refractivity contribution is 1.46. The maximum Gasteiger partial charge on any atom is -0.0155 e. The monoisotopic (exact) mass is 1290 g/mol. The summed E-state index contributed by atoms with van der Waals surface area (Å²) in [4.78, 5) is 0. The largest absolute Gasteiger partial charge is 0.0683 e. The number of hydrogen-bond donors (Lipinski definition) is 0. The van der Waals surface area contributed by atoms with Crippen molar-refractivity contribution in [2.45, 2.75) is 159 Å². The van der Waals surface area contributed by atoms with Crippen LogP contribution in [-0.2, 0) is 0 Å². The van der Waals surface area contributed by atoms with E-state index < -0.39 is 0 Å². The molecule has 0 unspecified atom stereocenters. The first kappa shape index (κ1) is 91.6. The molecule has 0 aliphatic rings. The van der Waals surface area contributed by atoms with Crippen LogP contribution in [-0.4, -0.2) is 0 Å². The quantitative estimate of drug-likeness (QED) is 0.165. The van der Waals surface area contributed by atoms with Gasteiger partial charge in [0.1, 0.15) is 0 Å². The van der Waals surface area contributed by atoms with Crippen LogP contribution in [0.5, 0.6) is 0 Å². The zero-order valence-electron chi connectivity index (χ0n) is 64.4. The third-order valence-electron chi connectivity index (χ3n) is 12.9. The van der Waals surface area contributed by atoms with E-state index in [1.807, 2.05) is 173 Å². The first-order chi connectivity index (χ1) is 47.8. The Hall–Kier alpha value is -9.62. The van der Waals surface area contributed by atoms with E-state index >= 15 is 0 Å². The number of benzene rings is 13. The molecule has 0 fully saturated rings. The molecule has 0 heterocycles. The Labute approximate surface area is 595 Å². The second kappa shape index (κ2) is 65.1. The molecule has 0 N–H and O–H groups in total. The van der Waals surface area contributed by atoms with Gasteiger partial charge in [-0.1, -0.05) is 493 Å². The fourth-order valence-corrected chi connectivity index (χ4v) is 8.58. The highest BCUT2D eigenvalue weighted by atomic mass is 14.0. The molecule has 0 heteroatoms. The lowest BCUT2D eigenvalue weighted by Gasteiger charge is -2.04. The molecule has 0 saturated heterocycles. The number of fused-ring (bicyclic) bond motifs is 2. The van der Waals surface area contributed by atoms with Crippen LogP contribution in [0.1, 0.15) is 152 Å². The van der Waals surface area contributed by atoms with E-state index in [1.165, 1.54) is 93.9 Å². The Morgan fingerprint density at radius 2 is 0.361 bits per heavy atom. The Bertz CT molecular complexity index is 3620. The van der Waals surface area contributed by atoms with Crippen LogP contribution >= 0.6 is 0 Å².